The van der Waals surface area contributed by atoms with E-state index in [1.54, 1.807) is 0 Å². The largest absolute Gasteiger partial charge is 0.496 e. The molecule has 0 unspecified atom stereocenters. The summed E-state index contributed by atoms with van der Waals surface area (Å²) in [6, 6.07) is 5.11. The molecule has 2 amide bonds. The zero-order chi connectivity index (χ0) is 20.4. The minimum atomic E-state index is -4.59. The van der Waals surface area contributed by atoms with Gasteiger partial charge >= 0.3 is 6.18 Å². The molecule has 2 aromatic rings. The second-order valence-corrected chi connectivity index (χ2v) is 6.17. The highest BCUT2D eigenvalue weighted by atomic mass is 35.5. The van der Waals surface area contributed by atoms with E-state index >= 15 is 0 Å². The molecule has 0 atom stereocenters. The molecule has 0 spiro atoms. The minimum Gasteiger partial charge on any atom is -0.496 e. The predicted octanol–water partition coefficient (Wildman–Crippen LogP) is 5.23. The Labute approximate surface area is 162 Å². The van der Waals surface area contributed by atoms with Crippen LogP contribution in [0.1, 0.15) is 22.8 Å². The molecule has 0 radical (unpaired) electrons. The van der Waals surface area contributed by atoms with Gasteiger partial charge in [0.25, 0.3) is 5.91 Å². The second-order valence-electron chi connectivity index (χ2n) is 5.36. The van der Waals surface area contributed by atoms with Crippen LogP contribution in [-0.2, 0) is 11.0 Å². The Balaban J connectivity index is 2.39. The molecule has 0 bridgehead atoms. The van der Waals surface area contributed by atoms with Gasteiger partial charge in [-0.05, 0) is 24.3 Å². The Morgan fingerprint density at radius 1 is 1.00 bits per heavy atom. The van der Waals surface area contributed by atoms with E-state index in [0.29, 0.717) is 0 Å². The first-order valence-corrected chi connectivity index (χ1v) is 8.11. The van der Waals surface area contributed by atoms with Crippen molar-refractivity contribution < 1.29 is 27.5 Å². The number of alkyl halides is 3. The lowest BCUT2D eigenvalue weighted by molar-refractivity contribution is -0.137. The summed E-state index contributed by atoms with van der Waals surface area (Å²) in [7, 11) is 1.29. The summed E-state index contributed by atoms with van der Waals surface area (Å²) in [6.45, 7) is 1.28. The van der Waals surface area contributed by atoms with Crippen LogP contribution in [0.15, 0.2) is 30.3 Å². The van der Waals surface area contributed by atoms with Gasteiger partial charge < -0.3 is 15.4 Å². The molecule has 0 saturated carbocycles. The van der Waals surface area contributed by atoms with Crippen LogP contribution in [0.5, 0.6) is 5.75 Å². The average Bonchev–Trinajstić information content (AvgIpc) is 2.56. The Bertz CT molecular complexity index is 902. The number of carbonyl (C=O) groups excluding carboxylic acids is 2. The van der Waals surface area contributed by atoms with Gasteiger partial charge in [-0.2, -0.15) is 13.2 Å². The summed E-state index contributed by atoms with van der Waals surface area (Å²) in [4.78, 5) is 23.7. The van der Waals surface area contributed by atoms with Crippen LogP contribution >= 0.6 is 23.2 Å². The van der Waals surface area contributed by atoms with Gasteiger partial charge in [0.1, 0.15) is 5.75 Å². The SMILES string of the molecule is COc1cc(NC(C)=O)c(Cl)cc1C(=O)Nc1cc(C(F)(F)F)ccc1Cl. The number of ether oxygens (including phenoxy) is 1. The smallest absolute Gasteiger partial charge is 0.416 e. The first-order valence-electron chi connectivity index (χ1n) is 7.36. The topological polar surface area (TPSA) is 67.4 Å². The molecule has 0 fully saturated rings. The lowest BCUT2D eigenvalue weighted by Gasteiger charge is -2.15. The molecule has 0 aliphatic heterocycles. The molecule has 2 N–H and O–H groups in total. The van der Waals surface area contributed by atoms with Crippen molar-refractivity contribution >= 4 is 46.4 Å². The highest BCUT2D eigenvalue weighted by Crippen LogP contribution is 2.35. The van der Waals surface area contributed by atoms with Crippen molar-refractivity contribution in [3.05, 3.63) is 51.5 Å². The summed E-state index contributed by atoms with van der Waals surface area (Å²) in [5.74, 6) is -1.11. The standard InChI is InChI=1S/C17H13Cl2F3N2O3/c1-8(25)23-14-7-15(27-2)10(6-12(14)19)16(26)24-13-5-9(17(20,21)22)3-4-11(13)18/h3-7H,1-2H3,(H,23,25)(H,24,26). The van der Waals surface area contributed by atoms with E-state index in [9.17, 15) is 22.8 Å². The lowest BCUT2D eigenvalue weighted by atomic mass is 10.1. The molecular weight excluding hydrogens is 408 g/mol. The summed E-state index contributed by atoms with van der Waals surface area (Å²) in [6.07, 6.45) is -4.59. The summed E-state index contributed by atoms with van der Waals surface area (Å²) >= 11 is 11.9. The summed E-state index contributed by atoms with van der Waals surface area (Å²) < 4.78 is 43.7. The van der Waals surface area contributed by atoms with Crippen LogP contribution in [0.2, 0.25) is 10.0 Å². The predicted molar refractivity (Wildman–Crippen MR) is 96.7 cm³/mol. The van der Waals surface area contributed by atoms with Crippen molar-refractivity contribution in [2.45, 2.75) is 13.1 Å². The molecule has 2 rings (SSSR count). The molecule has 0 aliphatic rings. The maximum Gasteiger partial charge on any atom is 0.416 e. The molecule has 27 heavy (non-hydrogen) atoms. The summed E-state index contributed by atoms with van der Waals surface area (Å²) in [5, 5.41) is 4.75. The van der Waals surface area contributed by atoms with E-state index in [0.717, 1.165) is 18.2 Å². The van der Waals surface area contributed by atoms with Crippen molar-refractivity contribution in [1.82, 2.24) is 0 Å². The zero-order valence-electron chi connectivity index (χ0n) is 14.0. The number of nitrogens with one attached hydrogen (secondary N) is 2. The van der Waals surface area contributed by atoms with Crippen LogP contribution in [0, 0.1) is 0 Å². The van der Waals surface area contributed by atoms with Gasteiger partial charge in [-0.1, -0.05) is 23.2 Å². The first kappa shape index (κ1) is 20.9. The van der Waals surface area contributed by atoms with Gasteiger partial charge in [-0.3, -0.25) is 9.59 Å². The number of amides is 2. The van der Waals surface area contributed by atoms with E-state index in [-0.39, 0.29) is 38.6 Å². The minimum absolute atomic E-state index is 0.0475. The van der Waals surface area contributed by atoms with Gasteiger partial charge in [0.2, 0.25) is 5.91 Å². The molecule has 0 aliphatic carbocycles. The Hall–Kier alpha value is -2.45. The fourth-order valence-corrected chi connectivity index (χ4v) is 2.55. The van der Waals surface area contributed by atoms with E-state index in [1.807, 2.05) is 0 Å². The van der Waals surface area contributed by atoms with Crippen LogP contribution < -0.4 is 15.4 Å². The highest BCUT2D eigenvalue weighted by molar-refractivity contribution is 6.35. The molecule has 0 aromatic heterocycles. The van der Waals surface area contributed by atoms with Crippen LogP contribution in [-0.4, -0.2) is 18.9 Å². The molecule has 144 valence electrons. The van der Waals surface area contributed by atoms with E-state index in [4.69, 9.17) is 27.9 Å². The third-order valence-corrected chi connectivity index (χ3v) is 4.03. The number of carbonyl (C=O) groups is 2. The van der Waals surface area contributed by atoms with Crippen molar-refractivity contribution in [3.8, 4) is 5.75 Å². The Kier molecular flexibility index (Phi) is 6.22. The number of hydrogen-bond acceptors (Lipinski definition) is 3. The molecular formula is C17H13Cl2F3N2O3. The number of hydrogen-bond donors (Lipinski definition) is 2. The summed E-state index contributed by atoms with van der Waals surface area (Å²) in [5.41, 5.74) is -1.02. The molecule has 5 nitrogen and oxygen atoms in total. The van der Waals surface area contributed by atoms with Crippen molar-refractivity contribution in [2.24, 2.45) is 0 Å². The number of benzene rings is 2. The normalized spacial score (nSPS) is 11.1. The third-order valence-electron chi connectivity index (χ3n) is 3.39. The number of methoxy groups -OCH3 is 1. The maximum absolute atomic E-state index is 12.9. The second kappa shape index (κ2) is 8.06. The maximum atomic E-state index is 12.9. The Morgan fingerprint density at radius 2 is 1.63 bits per heavy atom. The number of anilines is 2. The van der Waals surface area contributed by atoms with Crippen LogP contribution in [0.3, 0.4) is 0 Å². The monoisotopic (exact) mass is 420 g/mol. The Morgan fingerprint density at radius 3 is 2.19 bits per heavy atom. The van der Waals surface area contributed by atoms with Crippen molar-refractivity contribution in [3.63, 3.8) is 0 Å². The third kappa shape index (κ3) is 5.05. The average molecular weight is 421 g/mol. The zero-order valence-corrected chi connectivity index (χ0v) is 15.5. The van der Waals surface area contributed by atoms with E-state index in [2.05, 4.69) is 10.6 Å². The lowest BCUT2D eigenvalue weighted by Crippen LogP contribution is -2.15. The van der Waals surface area contributed by atoms with Crippen LogP contribution in [0.4, 0.5) is 24.5 Å². The van der Waals surface area contributed by atoms with Gasteiger partial charge in [-0.15, -0.1) is 0 Å². The van der Waals surface area contributed by atoms with Gasteiger partial charge in [0.05, 0.1) is 39.7 Å². The van der Waals surface area contributed by atoms with Crippen molar-refractivity contribution in [2.75, 3.05) is 17.7 Å². The number of rotatable bonds is 4. The molecule has 10 heteroatoms. The first-order chi connectivity index (χ1) is 12.5. The highest BCUT2D eigenvalue weighted by Gasteiger charge is 2.31. The van der Waals surface area contributed by atoms with E-state index < -0.39 is 17.6 Å². The van der Waals surface area contributed by atoms with Gasteiger partial charge in [-0.25, -0.2) is 0 Å². The fraction of sp³-hybridized carbons (Fsp3) is 0.176. The fourth-order valence-electron chi connectivity index (χ4n) is 2.17. The van der Waals surface area contributed by atoms with Crippen LogP contribution in [0.25, 0.3) is 0 Å². The van der Waals surface area contributed by atoms with Gasteiger partial charge in [0.15, 0.2) is 0 Å². The molecule has 0 saturated heterocycles. The quantitative estimate of drug-likeness (QED) is 0.711. The van der Waals surface area contributed by atoms with Crippen molar-refractivity contribution in [1.29, 1.82) is 0 Å². The molecule has 2 aromatic carbocycles. The molecule has 0 heterocycles. The van der Waals surface area contributed by atoms with E-state index in [1.165, 1.54) is 26.2 Å². The van der Waals surface area contributed by atoms with Gasteiger partial charge in [0, 0.05) is 13.0 Å². The number of halogens is 5.